The molecule has 4 heteroatoms. The van der Waals surface area contributed by atoms with Gasteiger partial charge in [0.05, 0.1) is 11.9 Å². The standard InChI is InChI=1S/C9H10N4/c1-7-3-9(5-10-4-7)13-6-11-8(2)12-13/h3-6H,1-2H3. The molecule has 0 bridgehead atoms. The van der Waals surface area contributed by atoms with E-state index < -0.39 is 0 Å². The topological polar surface area (TPSA) is 43.6 Å². The van der Waals surface area contributed by atoms with E-state index in [9.17, 15) is 0 Å². The van der Waals surface area contributed by atoms with Gasteiger partial charge in [-0.15, -0.1) is 0 Å². The smallest absolute Gasteiger partial charge is 0.147 e. The van der Waals surface area contributed by atoms with Gasteiger partial charge < -0.3 is 0 Å². The molecule has 0 saturated heterocycles. The Kier molecular flexibility index (Phi) is 1.81. The maximum absolute atomic E-state index is 4.19. The van der Waals surface area contributed by atoms with Crippen LogP contribution in [0.2, 0.25) is 0 Å². The Hall–Kier alpha value is -1.71. The average Bonchev–Trinajstić information content (AvgIpc) is 2.52. The summed E-state index contributed by atoms with van der Waals surface area (Å²) in [7, 11) is 0. The second-order valence-electron chi connectivity index (χ2n) is 2.96. The van der Waals surface area contributed by atoms with Gasteiger partial charge in [-0.1, -0.05) is 0 Å². The quantitative estimate of drug-likeness (QED) is 0.654. The average molecular weight is 174 g/mol. The largest absolute Gasteiger partial charge is 0.262 e. The van der Waals surface area contributed by atoms with Gasteiger partial charge in [0.2, 0.25) is 0 Å². The van der Waals surface area contributed by atoms with Crippen LogP contribution in [0.5, 0.6) is 0 Å². The second kappa shape index (κ2) is 2.97. The molecule has 0 amide bonds. The highest BCUT2D eigenvalue weighted by Crippen LogP contribution is 2.05. The fourth-order valence-electron chi connectivity index (χ4n) is 1.13. The molecule has 2 heterocycles. The highest BCUT2D eigenvalue weighted by molar-refractivity contribution is 5.29. The van der Waals surface area contributed by atoms with E-state index in [1.54, 1.807) is 17.2 Å². The third kappa shape index (κ3) is 1.56. The Bertz CT molecular complexity index is 419. The Morgan fingerprint density at radius 1 is 1.23 bits per heavy atom. The molecular weight excluding hydrogens is 164 g/mol. The Labute approximate surface area is 76.3 Å². The molecule has 0 unspecified atom stereocenters. The zero-order valence-electron chi connectivity index (χ0n) is 7.60. The third-order valence-corrected chi connectivity index (χ3v) is 1.73. The van der Waals surface area contributed by atoms with Crippen molar-refractivity contribution >= 4 is 0 Å². The lowest BCUT2D eigenvalue weighted by Gasteiger charge is -1.99. The van der Waals surface area contributed by atoms with Crippen molar-refractivity contribution in [1.82, 2.24) is 19.7 Å². The van der Waals surface area contributed by atoms with Crippen LogP contribution in [0.4, 0.5) is 0 Å². The van der Waals surface area contributed by atoms with Gasteiger partial charge in [0.25, 0.3) is 0 Å². The fraction of sp³-hybridized carbons (Fsp3) is 0.222. The molecule has 0 aliphatic rings. The van der Waals surface area contributed by atoms with Crippen molar-refractivity contribution < 1.29 is 0 Å². The van der Waals surface area contributed by atoms with Gasteiger partial charge >= 0.3 is 0 Å². The van der Waals surface area contributed by atoms with E-state index in [1.807, 2.05) is 26.1 Å². The molecular formula is C9H10N4. The Morgan fingerprint density at radius 3 is 2.69 bits per heavy atom. The lowest BCUT2D eigenvalue weighted by molar-refractivity contribution is 0.855. The molecule has 0 radical (unpaired) electrons. The SMILES string of the molecule is Cc1cncc(-n2cnc(C)n2)c1. The van der Waals surface area contributed by atoms with Gasteiger partial charge in [0, 0.05) is 6.20 Å². The molecule has 13 heavy (non-hydrogen) atoms. The Balaban J connectivity index is 2.46. The summed E-state index contributed by atoms with van der Waals surface area (Å²) in [4.78, 5) is 8.13. The van der Waals surface area contributed by atoms with Crippen LogP contribution < -0.4 is 0 Å². The van der Waals surface area contributed by atoms with Crippen molar-refractivity contribution in [2.45, 2.75) is 13.8 Å². The lowest BCUT2D eigenvalue weighted by atomic mass is 10.3. The number of aromatic nitrogens is 4. The molecule has 0 atom stereocenters. The lowest BCUT2D eigenvalue weighted by Crippen LogP contribution is -1.96. The first-order valence-corrected chi connectivity index (χ1v) is 4.06. The maximum Gasteiger partial charge on any atom is 0.147 e. The van der Waals surface area contributed by atoms with E-state index in [0.717, 1.165) is 17.1 Å². The van der Waals surface area contributed by atoms with Crippen molar-refractivity contribution in [3.8, 4) is 5.69 Å². The summed E-state index contributed by atoms with van der Waals surface area (Å²) in [6, 6.07) is 2.02. The molecule has 2 rings (SSSR count). The first-order valence-electron chi connectivity index (χ1n) is 4.06. The van der Waals surface area contributed by atoms with Crippen LogP contribution in [0.15, 0.2) is 24.8 Å². The molecule has 0 saturated carbocycles. The Morgan fingerprint density at radius 2 is 2.08 bits per heavy atom. The summed E-state index contributed by atoms with van der Waals surface area (Å²) in [5, 5.41) is 4.19. The number of hydrogen-bond donors (Lipinski definition) is 0. The maximum atomic E-state index is 4.19. The van der Waals surface area contributed by atoms with Crippen molar-refractivity contribution in [2.75, 3.05) is 0 Å². The monoisotopic (exact) mass is 174 g/mol. The number of aryl methyl sites for hydroxylation is 2. The molecule has 2 aromatic heterocycles. The van der Waals surface area contributed by atoms with Gasteiger partial charge in [0.15, 0.2) is 0 Å². The van der Waals surface area contributed by atoms with Crippen LogP contribution in [-0.4, -0.2) is 19.7 Å². The van der Waals surface area contributed by atoms with Crippen LogP contribution in [0.1, 0.15) is 11.4 Å². The summed E-state index contributed by atoms with van der Waals surface area (Å²) < 4.78 is 1.72. The zero-order chi connectivity index (χ0) is 9.26. The first kappa shape index (κ1) is 7.91. The van der Waals surface area contributed by atoms with Crippen LogP contribution in [0, 0.1) is 13.8 Å². The van der Waals surface area contributed by atoms with Gasteiger partial charge in [-0.3, -0.25) is 4.98 Å². The highest BCUT2D eigenvalue weighted by Gasteiger charge is 1.98. The van der Waals surface area contributed by atoms with Gasteiger partial charge in [-0.2, -0.15) is 5.10 Å². The van der Waals surface area contributed by atoms with E-state index in [4.69, 9.17) is 0 Å². The summed E-state index contributed by atoms with van der Waals surface area (Å²) in [6.45, 7) is 3.86. The summed E-state index contributed by atoms with van der Waals surface area (Å²) in [5.74, 6) is 0.765. The van der Waals surface area contributed by atoms with Crippen molar-refractivity contribution in [3.05, 3.63) is 36.2 Å². The van der Waals surface area contributed by atoms with Crippen molar-refractivity contribution in [2.24, 2.45) is 0 Å². The van der Waals surface area contributed by atoms with E-state index in [2.05, 4.69) is 15.1 Å². The van der Waals surface area contributed by atoms with E-state index in [1.165, 1.54) is 0 Å². The predicted molar refractivity (Wildman–Crippen MR) is 48.6 cm³/mol. The number of hydrogen-bond acceptors (Lipinski definition) is 3. The minimum Gasteiger partial charge on any atom is -0.262 e. The molecule has 0 aliphatic carbocycles. The predicted octanol–water partition coefficient (Wildman–Crippen LogP) is 1.28. The molecule has 2 aromatic rings. The first-order chi connectivity index (χ1) is 6.25. The third-order valence-electron chi connectivity index (χ3n) is 1.73. The van der Waals surface area contributed by atoms with Crippen LogP contribution in [-0.2, 0) is 0 Å². The van der Waals surface area contributed by atoms with Crippen LogP contribution in [0.3, 0.4) is 0 Å². The number of rotatable bonds is 1. The molecule has 0 spiro atoms. The molecule has 0 aliphatic heterocycles. The van der Waals surface area contributed by atoms with E-state index in [-0.39, 0.29) is 0 Å². The molecule has 0 aromatic carbocycles. The van der Waals surface area contributed by atoms with Crippen molar-refractivity contribution in [1.29, 1.82) is 0 Å². The number of nitrogens with zero attached hydrogens (tertiary/aromatic N) is 4. The zero-order valence-corrected chi connectivity index (χ0v) is 7.60. The molecule has 66 valence electrons. The summed E-state index contributed by atoms with van der Waals surface area (Å²) in [5.41, 5.74) is 2.06. The second-order valence-corrected chi connectivity index (χ2v) is 2.96. The summed E-state index contributed by atoms with van der Waals surface area (Å²) >= 11 is 0. The van der Waals surface area contributed by atoms with E-state index in [0.29, 0.717) is 0 Å². The summed E-state index contributed by atoms with van der Waals surface area (Å²) in [6.07, 6.45) is 5.26. The highest BCUT2D eigenvalue weighted by atomic mass is 15.3. The fourth-order valence-corrected chi connectivity index (χ4v) is 1.13. The normalized spacial score (nSPS) is 10.3. The molecule has 4 nitrogen and oxygen atoms in total. The molecule has 0 fully saturated rings. The number of pyridine rings is 1. The van der Waals surface area contributed by atoms with Gasteiger partial charge in [0.1, 0.15) is 12.2 Å². The van der Waals surface area contributed by atoms with Crippen LogP contribution in [0.25, 0.3) is 5.69 Å². The van der Waals surface area contributed by atoms with Gasteiger partial charge in [-0.25, -0.2) is 9.67 Å². The van der Waals surface area contributed by atoms with E-state index >= 15 is 0 Å². The molecule has 0 N–H and O–H groups in total. The van der Waals surface area contributed by atoms with Gasteiger partial charge in [-0.05, 0) is 25.5 Å². The minimum atomic E-state index is 0.765. The van der Waals surface area contributed by atoms with Crippen molar-refractivity contribution in [3.63, 3.8) is 0 Å². The minimum absolute atomic E-state index is 0.765. The van der Waals surface area contributed by atoms with Crippen LogP contribution >= 0.6 is 0 Å².